The van der Waals surface area contributed by atoms with Gasteiger partial charge in [-0.25, -0.2) is 9.07 Å². The summed E-state index contributed by atoms with van der Waals surface area (Å²) in [6, 6.07) is 12.9. The summed E-state index contributed by atoms with van der Waals surface area (Å²) in [7, 11) is 1.61. The van der Waals surface area contributed by atoms with Crippen LogP contribution in [-0.4, -0.2) is 31.2 Å². The third-order valence-electron chi connectivity index (χ3n) is 4.59. The smallest absolute Gasteiger partial charge is 0.320 e. The van der Waals surface area contributed by atoms with Gasteiger partial charge in [-0.15, -0.1) is 5.10 Å². The second kappa shape index (κ2) is 8.16. The summed E-state index contributed by atoms with van der Waals surface area (Å²) in [4.78, 5) is 24.9. The maximum atomic E-state index is 13.1. The zero-order chi connectivity index (χ0) is 21.1. The van der Waals surface area contributed by atoms with Gasteiger partial charge in [0.25, 0.3) is 0 Å². The molecule has 0 atom stereocenters. The molecule has 0 radical (unpaired) electrons. The third-order valence-corrected chi connectivity index (χ3v) is 4.59. The number of methoxy groups -OCH3 is 1. The molecular formula is C21H18FN5O3. The van der Waals surface area contributed by atoms with Crippen LogP contribution >= 0.6 is 0 Å². The van der Waals surface area contributed by atoms with E-state index in [-0.39, 0.29) is 6.54 Å². The Labute approximate surface area is 170 Å². The molecule has 0 aliphatic heterocycles. The fourth-order valence-corrected chi connectivity index (χ4v) is 3.02. The molecule has 0 saturated carbocycles. The molecule has 8 nitrogen and oxygen atoms in total. The van der Waals surface area contributed by atoms with E-state index in [1.807, 2.05) is 24.3 Å². The molecule has 2 aromatic heterocycles. The fourth-order valence-electron chi connectivity index (χ4n) is 3.02. The van der Waals surface area contributed by atoms with Crippen LogP contribution in [0.1, 0.15) is 11.3 Å². The van der Waals surface area contributed by atoms with Crippen molar-refractivity contribution in [3.8, 4) is 11.4 Å². The van der Waals surface area contributed by atoms with E-state index in [0.717, 1.165) is 11.3 Å². The minimum atomic E-state index is -0.727. The standard InChI is InChI=1S/C21H18FN5O3/c1-30-19-8-2-15(3-9-19)12-26-14-17(23-24-26)13-25-10-11-27(21(29)20(25)28)18-6-4-16(22)5-7-18/h2-11,14H,12-13H2,1H3. The molecule has 0 unspecified atom stereocenters. The second-order valence-corrected chi connectivity index (χ2v) is 6.64. The number of hydrogen-bond acceptors (Lipinski definition) is 5. The van der Waals surface area contributed by atoms with Crippen molar-refractivity contribution in [2.45, 2.75) is 13.1 Å². The molecule has 0 aliphatic rings. The van der Waals surface area contributed by atoms with Crippen molar-refractivity contribution in [3.63, 3.8) is 0 Å². The summed E-state index contributed by atoms with van der Waals surface area (Å²) in [5, 5.41) is 8.16. The van der Waals surface area contributed by atoms with Crippen molar-refractivity contribution in [3.05, 3.63) is 105 Å². The quantitative estimate of drug-likeness (QED) is 0.456. The number of aromatic nitrogens is 5. The predicted octanol–water partition coefficient (Wildman–Crippen LogP) is 1.83. The largest absolute Gasteiger partial charge is 0.497 e. The summed E-state index contributed by atoms with van der Waals surface area (Å²) in [5.41, 5.74) is 0.549. The number of rotatable bonds is 6. The monoisotopic (exact) mass is 407 g/mol. The van der Waals surface area contributed by atoms with E-state index >= 15 is 0 Å². The first-order chi connectivity index (χ1) is 14.5. The lowest BCUT2D eigenvalue weighted by Gasteiger charge is -2.08. The van der Waals surface area contributed by atoms with E-state index in [9.17, 15) is 14.0 Å². The maximum absolute atomic E-state index is 13.1. The molecule has 0 N–H and O–H groups in total. The van der Waals surface area contributed by atoms with E-state index in [1.165, 1.54) is 45.8 Å². The predicted molar refractivity (Wildman–Crippen MR) is 107 cm³/mol. The maximum Gasteiger partial charge on any atom is 0.320 e. The van der Waals surface area contributed by atoms with Crippen LogP contribution in [0.4, 0.5) is 4.39 Å². The van der Waals surface area contributed by atoms with Crippen molar-refractivity contribution in [2.75, 3.05) is 7.11 Å². The van der Waals surface area contributed by atoms with Crippen LogP contribution in [0.15, 0.2) is 76.7 Å². The Morgan fingerprint density at radius 1 is 0.933 bits per heavy atom. The SMILES string of the molecule is COc1ccc(Cn2cc(Cn3ccn(-c4ccc(F)cc4)c(=O)c3=O)nn2)cc1. The zero-order valence-electron chi connectivity index (χ0n) is 16.1. The molecule has 0 amide bonds. The van der Waals surface area contributed by atoms with Crippen molar-refractivity contribution >= 4 is 0 Å². The number of halogens is 1. The van der Waals surface area contributed by atoms with Gasteiger partial charge in [-0.05, 0) is 42.0 Å². The van der Waals surface area contributed by atoms with Gasteiger partial charge >= 0.3 is 11.1 Å². The van der Waals surface area contributed by atoms with E-state index in [1.54, 1.807) is 18.0 Å². The molecule has 4 aromatic rings. The molecule has 0 aliphatic carbocycles. The molecule has 152 valence electrons. The van der Waals surface area contributed by atoms with Crippen molar-refractivity contribution < 1.29 is 9.13 Å². The fraction of sp³-hybridized carbons (Fsp3) is 0.143. The Hall–Kier alpha value is -4.01. The van der Waals surface area contributed by atoms with E-state index in [4.69, 9.17) is 4.74 Å². The molecule has 0 bridgehead atoms. The van der Waals surface area contributed by atoms with Gasteiger partial charge in [0.15, 0.2) is 0 Å². The van der Waals surface area contributed by atoms with Crippen molar-refractivity contribution in [2.24, 2.45) is 0 Å². The minimum Gasteiger partial charge on any atom is -0.497 e. The van der Waals surface area contributed by atoms with Gasteiger partial charge in [0.05, 0.1) is 26.4 Å². The second-order valence-electron chi connectivity index (χ2n) is 6.64. The van der Waals surface area contributed by atoms with Crippen LogP contribution in [0.25, 0.3) is 5.69 Å². The Bertz CT molecular complexity index is 1270. The van der Waals surface area contributed by atoms with Crippen LogP contribution < -0.4 is 15.9 Å². The molecular weight excluding hydrogens is 389 g/mol. The summed E-state index contributed by atoms with van der Waals surface area (Å²) in [5.74, 6) is 0.352. The van der Waals surface area contributed by atoms with Gasteiger partial charge in [-0.3, -0.25) is 14.2 Å². The van der Waals surface area contributed by atoms with Gasteiger partial charge < -0.3 is 9.30 Å². The highest BCUT2D eigenvalue weighted by Gasteiger charge is 2.09. The third kappa shape index (κ3) is 4.04. The minimum absolute atomic E-state index is 0.112. The summed E-state index contributed by atoms with van der Waals surface area (Å²) < 4.78 is 22.3. The van der Waals surface area contributed by atoms with E-state index in [2.05, 4.69) is 10.3 Å². The number of benzene rings is 2. The molecule has 2 aromatic carbocycles. The normalized spacial score (nSPS) is 10.9. The zero-order valence-corrected chi connectivity index (χ0v) is 16.1. The van der Waals surface area contributed by atoms with Crippen LogP contribution in [0.3, 0.4) is 0 Å². The average Bonchev–Trinajstić information content (AvgIpc) is 3.20. The average molecular weight is 407 g/mol. The van der Waals surface area contributed by atoms with Crippen LogP contribution in [0, 0.1) is 5.82 Å². The first-order valence-electron chi connectivity index (χ1n) is 9.13. The lowest BCUT2D eigenvalue weighted by Crippen LogP contribution is -2.40. The van der Waals surface area contributed by atoms with Gasteiger partial charge in [0.2, 0.25) is 0 Å². The topological polar surface area (TPSA) is 83.9 Å². The molecule has 30 heavy (non-hydrogen) atoms. The summed E-state index contributed by atoms with van der Waals surface area (Å²) >= 11 is 0. The first-order valence-corrected chi connectivity index (χ1v) is 9.13. The van der Waals surface area contributed by atoms with E-state index < -0.39 is 16.9 Å². The van der Waals surface area contributed by atoms with Gasteiger partial charge in [-0.2, -0.15) is 0 Å². The van der Waals surface area contributed by atoms with Crippen molar-refractivity contribution in [1.82, 2.24) is 24.1 Å². The van der Waals surface area contributed by atoms with Gasteiger partial charge in [-0.1, -0.05) is 17.3 Å². The molecule has 9 heteroatoms. The lowest BCUT2D eigenvalue weighted by molar-refractivity contribution is 0.414. The Morgan fingerprint density at radius 3 is 2.37 bits per heavy atom. The molecule has 0 saturated heterocycles. The van der Waals surface area contributed by atoms with E-state index in [0.29, 0.717) is 17.9 Å². The summed E-state index contributed by atoms with van der Waals surface area (Å²) in [6.45, 7) is 0.624. The number of ether oxygens (including phenoxy) is 1. The molecule has 0 spiro atoms. The lowest BCUT2D eigenvalue weighted by atomic mass is 10.2. The summed E-state index contributed by atoms with van der Waals surface area (Å²) in [6.07, 6.45) is 4.69. The molecule has 2 heterocycles. The van der Waals surface area contributed by atoms with Crippen LogP contribution in [-0.2, 0) is 13.1 Å². The van der Waals surface area contributed by atoms with Crippen molar-refractivity contribution in [1.29, 1.82) is 0 Å². The Morgan fingerprint density at radius 2 is 1.67 bits per heavy atom. The molecule has 4 rings (SSSR count). The van der Waals surface area contributed by atoms with Gasteiger partial charge in [0.1, 0.15) is 17.3 Å². The first kappa shape index (κ1) is 19.3. The van der Waals surface area contributed by atoms with Crippen LogP contribution in [0.5, 0.6) is 5.75 Å². The molecule has 0 fully saturated rings. The Balaban J connectivity index is 1.52. The number of nitrogens with zero attached hydrogens (tertiary/aromatic N) is 5. The number of hydrogen-bond donors (Lipinski definition) is 0. The Kier molecular flexibility index (Phi) is 5.25. The highest BCUT2D eigenvalue weighted by Crippen LogP contribution is 2.12. The highest BCUT2D eigenvalue weighted by atomic mass is 19.1. The van der Waals surface area contributed by atoms with Crippen LogP contribution in [0.2, 0.25) is 0 Å². The highest BCUT2D eigenvalue weighted by molar-refractivity contribution is 5.31. The van der Waals surface area contributed by atoms with Gasteiger partial charge in [0, 0.05) is 18.1 Å².